The Morgan fingerprint density at radius 2 is 1.02 bits per heavy atom. The Bertz CT molecular complexity index is 3140. The molecule has 1 aliphatic carbocycles. The van der Waals surface area contributed by atoms with Crippen molar-refractivity contribution in [1.82, 2.24) is 0 Å². The Morgan fingerprint density at radius 1 is 0.418 bits per heavy atom. The average molecular weight is 704 g/mol. The highest BCUT2D eigenvalue weighted by Crippen LogP contribution is 2.55. The van der Waals surface area contributed by atoms with Crippen LogP contribution in [-0.2, 0) is 5.41 Å². The fourth-order valence-corrected chi connectivity index (χ4v) is 9.29. The third-order valence-corrected chi connectivity index (χ3v) is 11.8. The van der Waals surface area contributed by atoms with Gasteiger partial charge in [0.25, 0.3) is 0 Å². The second-order valence-electron chi connectivity index (χ2n) is 15.3. The third kappa shape index (κ3) is 4.81. The van der Waals surface area contributed by atoms with Crippen molar-refractivity contribution >= 4 is 60.5 Å². The predicted octanol–water partition coefficient (Wildman–Crippen LogP) is 15.0. The molecule has 0 N–H and O–H groups in total. The molecule has 0 saturated carbocycles. The van der Waals surface area contributed by atoms with E-state index >= 15 is 0 Å². The molecule has 1 heterocycles. The van der Waals surface area contributed by atoms with Crippen LogP contribution in [0.15, 0.2) is 192 Å². The number of hydrogen-bond donors (Lipinski definition) is 0. The van der Waals surface area contributed by atoms with Gasteiger partial charge in [0, 0.05) is 33.0 Å². The van der Waals surface area contributed by atoms with Crippen molar-refractivity contribution in [2.45, 2.75) is 19.3 Å². The summed E-state index contributed by atoms with van der Waals surface area (Å²) in [5.41, 5.74) is 14.8. The maximum Gasteiger partial charge on any atom is 0.143 e. The third-order valence-electron chi connectivity index (χ3n) is 11.8. The molecule has 2 heteroatoms. The summed E-state index contributed by atoms with van der Waals surface area (Å²) in [5.74, 6) is 0. The van der Waals surface area contributed by atoms with E-state index in [1.54, 1.807) is 0 Å². The molecule has 0 saturated heterocycles. The summed E-state index contributed by atoms with van der Waals surface area (Å²) in [6.07, 6.45) is 0. The molecule has 55 heavy (non-hydrogen) atoms. The van der Waals surface area contributed by atoms with Gasteiger partial charge < -0.3 is 9.32 Å². The summed E-state index contributed by atoms with van der Waals surface area (Å²) < 4.78 is 6.84. The van der Waals surface area contributed by atoms with Crippen molar-refractivity contribution in [3.05, 3.63) is 199 Å². The highest BCUT2D eigenvalue weighted by molar-refractivity contribution is 6.14. The zero-order valence-electron chi connectivity index (χ0n) is 30.8. The molecule has 260 valence electrons. The normalized spacial score (nSPS) is 13.1. The lowest BCUT2D eigenvalue weighted by atomic mass is 9.81. The highest BCUT2D eigenvalue weighted by Gasteiger charge is 2.39. The first-order valence-electron chi connectivity index (χ1n) is 19.1. The summed E-state index contributed by atoms with van der Waals surface area (Å²) in [6, 6.07) is 68.4. The molecule has 0 fully saturated rings. The van der Waals surface area contributed by atoms with Crippen LogP contribution in [0.2, 0.25) is 0 Å². The van der Waals surface area contributed by atoms with Gasteiger partial charge in [-0.1, -0.05) is 166 Å². The Hall–Kier alpha value is -6.90. The number of hydrogen-bond acceptors (Lipinski definition) is 2. The number of rotatable bonds is 5. The number of fused-ring (bicyclic) bond motifs is 8. The van der Waals surface area contributed by atoms with E-state index in [1.807, 2.05) is 0 Å². The van der Waals surface area contributed by atoms with Crippen molar-refractivity contribution in [3.63, 3.8) is 0 Å². The smallest absolute Gasteiger partial charge is 0.143 e. The first kappa shape index (κ1) is 31.6. The summed E-state index contributed by atoms with van der Waals surface area (Å²) in [4.78, 5) is 2.49. The van der Waals surface area contributed by atoms with Crippen molar-refractivity contribution < 1.29 is 4.42 Å². The Labute approximate surface area is 320 Å². The number of furan rings is 1. The van der Waals surface area contributed by atoms with Crippen molar-refractivity contribution in [2.75, 3.05) is 4.90 Å². The lowest BCUT2D eigenvalue weighted by Crippen LogP contribution is -2.21. The Balaban J connectivity index is 1.18. The Kier molecular flexibility index (Phi) is 6.93. The van der Waals surface area contributed by atoms with Crippen LogP contribution in [0.1, 0.15) is 25.0 Å². The van der Waals surface area contributed by atoms with E-state index in [-0.39, 0.29) is 5.41 Å². The minimum absolute atomic E-state index is 0.219. The molecule has 11 rings (SSSR count). The number of para-hydroxylation sites is 2. The van der Waals surface area contributed by atoms with Gasteiger partial charge in [-0.3, -0.25) is 0 Å². The van der Waals surface area contributed by atoms with Gasteiger partial charge in [-0.2, -0.15) is 0 Å². The largest absolute Gasteiger partial charge is 0.455 e. The molecule has 0 spiro atoms. The van der Waals surface area contributed by atoms with E-state index in [4.69, 9.17) is 4.42 Å². The molecule has 0 atom stereocenters. The van der Waals surface area contributed by atoms with E-state index in [0.717, 1.165) is 44.4 Å². The number of anilines is 3. The van der Waals surface area contributed by atoms with Crippen LogP contribution in [0, 0.1) is 0 Å². The summed E-state index contributed by atoms with van der Waals surface area (Å²) in [6.45, 7) is 4.74. The van der Waals surface area contributed by atoms with E-state index < -0.39 is 0 Å². The SMILES string of the molecule is CC1(C)c2ccccc2-c2cccc(N(c3cccc(-c4cccc5ccccc45)c3)c3ccccc3-c3cccc4c3oc3cc5ccccc5cc34)c21. The molecule has 1 aliphatic rings. The monoisotopic (exact) mass is 703 g/mol. The predicted molar refractivity (Wildman–Crippen MR) is 232 cm³/mol. The second kappa shape index (κ2) is 12.1. The van der Waals surface area contributed by atoms with Crippen LogP contribution in [0.25, 0.3) is 76.9 Å². The van der Waals surface area contributed by atoms with Crippen LogP contribution < -0.4 is 4.90 Å². The molecular formula is C53H37NO. The van der Waals surface area contributed by atoms with Gasteiger partial charge in [0.1, 0.15) is 11.2 Å². The van der Waals surface area contributed by atoms with Gasteiger partial charge in [0.15, 0.2) is 0 Å². The van der Waals surface area contributed by atoms with Gasteiger partial charge in [0.05, 0.1) is 11.4 Å². The van der Waals surface area contributed by atoms with E-state index in [9.17, 15) is 0 Å². The minimum Gasteiger partial charge on any atom is -0.455 e. The van der Waals surface area contributed by atoms with E-state index in [2.05, 4.69) is 207 Å². The molecule has 0 aliphatic heterocycles. The van der Waals surface area contributed by atoms with E-state index in [1.165, 1.54) is 60.6 Å². The first-order valence-corrected chi connectivity index (χ1v) is 19.1. The fourth-order valence-electron chi connectivity index (χ4n) is 9.29. The number of nitrogens with zero attached hydrogens (tertiary/aromatic N) is 1. The molecule has 0 radical (unpaired) electrons. The standard InChI is InChI=1S/C53H37NO/c1-53(2)47-28-9-7-22-41(47)43-25-14-30-49(51(43)53)54(38-20-11-19-37(31-38)40-24-12-18-34-15-5-6-21-39(34)40)48-29-10-8-23-42(48)44-26-13-27-45-46-32-35-16-3-4-17-36(35)33-50(46)55-52(44)45/h3-33H,1-2H3. The lowest BCUT2D eigenvalue weighted by molar-refractivity contribution is 0.660. The van der Waals surface area contributed by atoms with Gasteiger partial charge in [0.2, 0.25) is 0 Å². The molecule has 0 amide bonds. The number of benzene rings is 9. The topological polar surface area (TPSA) is 16.4 Å². The minimum atomic E-state index is -0.219. The quantitative estimate of drug-likeness (QED) is 0.177. The van der Waals surface area contributed by atoms with Crippen LogP contribution in [0.5, 0.6) is 0 Å². The van der Waals surface area contributed by atoms with E-state index in [0.29, 0.717) is 0 Å². The van der Waals surface area contributed by atoms with Gasteiger partial charge in [-0.25, -0.2) is 0 Å². The van der Waals surface area contributed by atoms with Crippen LogP contribution in [0.4, 0.5) is 17.1 Å². The maximum atomic E-state index is 6.84. The first-order chi connectivity index (χ1) is 27.0. The zero-order chi connectivity index (χ0) is 36.7. The summed E-state index contributed by atoms with van der Waals surface area (Å²) in [7, 11) is 0. The van der Waals surface area contributed by atoms with Crippen LogP contribution in [-0.4, -0.2) is 0 Å². The molecule has 9 aromatic carbocycles. The second-order valence-corrected chi connectivity index (χ2v) is 15.3. The molecule has 2 nitrogen and oxygen atoms in total. The summed E-state index contributed by atoms with van der Waals surface area (Å²) >= 11 is 0. The zero-order valence-corrected chi connectivity index (χ0v) is 30.8. The molecule has 0 unspecified atom stereocenters. The highest BCUT2D eigenvalue weighted by atomic mass is 16.3. The summed E-state index contributed by atoms with van der Waals surface area (Å²) in [5, 5.41) is 7.12. The van der Waals surface area contributed by atoms with Crippen LogP contribution in [0.3, 0.4) is 0 Å². The van der Waals surface area contributed by atoms with Crippen molar-refractivity contribution in [2.24, 2.45) is 0 Å². The molecular weight excluding hydrogens is 667 g/mol. The molecule has 1 aromatic heterocycles. The van der Waals surface area contributed by atoms with Gasteiger partial charge in [-0.15, -0.1) is 0 Å². The Morgan fingerprint density at radius 3 is 1.91 bits per heavy atom. The van der Waals surface area contributed by atoms with Gasteiger partial charge >= 0.3 is 0 Å². The fraction of sp³-hybridized carbons (Fsp3) is 0.0566. The molecule has 0 bridgehead atoms. The molecule has 10 aromatic rings. The van der Waals surface area contributed by atoms with Crippen molar-refractivity contribution in [1.29, 1.82) is 0 Å². The average Bonchev–Trinajstić information content (AvgIpc) is 3.71. The lowest BCUT2D eigenvalue weighted by Gasteiger charge is -2.33. The van der Waals surface area contributed by atoms with Crippen LogP contribution >= 0.6 is 0 Å². The maximum absolute atomic E-state index is 6.84. The van der Waals surface area contributed by atoms with Crippen molar-refractivity contribution in [3.8, 4) is 33.4 Å². The van der Waals surface area contributed by atoms with Gasteiger partial charge in [-0.05, 0) is 91.3 Å².